The third kappa shape index (κ3) is 16.2. The SMILES string of the molecule is CCCCCCCCCCCCOC(CCC)[P+](CC)(CCCC)CCCC.[Br-]. The molecule has 0 heterocycles. The lowest BCUT2D eigenvalue weighted by Gasteiger charge is -2.34. The quantitative estimate of drug-likeness (QED) is 0.120. The van der Waals surface area contributed by atoms with E-state index in [-0.39, 0.29) is 17.0 Å². The van der Waals surface area contributed by atoms with Crippen molar-refractivity contribution in [3.05, 3.63) is 0 Å². The highest BCUT2D eigenvalue weighted by atomic mass is 79.9. The second kappa shape index (κ2) is 23.5. The van der Waals surface area contributed by atoms with Gasteiger partial charge in [0, 0.05) is 13.7 Å². The minimum atomic E-state index is -0.939. The summed E-state index contributed by atoms with van der Waals surface area (Å²) < 4.78 is 6.65. The van der Waals surface area contributed by atoms with Crippen LogP contribution in [0.2, 0.25) is 0 Å². The zero-order valence-electron chi connectivity index (χ0n) is 21.0. The van der Waals surface area contributed by atoms with Crippen molar-refractivity contribution in [2.24, 2.45) is 0 Å². The minimum Gasteiger partial charge on any atom is -1.00 e. The highest BCUT2D eigenvalue weighted by Gasteiger charge is 2.43. The third-order valence-electron chi connectivity index (χ3n) is 6.50. The third-order valence-corrected chi connectivity index (χ3v) is 11.8. The Balaban J connectivity index is 0. The first-order valence-electron chi connectivity index (χ1n) is 13.2. The summed E-state index contributed by atoms with van der Waals surface area (Å²) in [6, 6.07) is 0. The molecular weight excluding hydrogens is 439 g/mol. The van der Waals surface area contributed by atoms with Crippen molar-refractivity contribution in [1.82, 2.24) is 0 Å². The Bertz CT molecular complexity index is 303. The standard InChI is InChI=1S/C26H56OP.BrH/c1-6-11-14-15-16-17-18-19-20-21-23-27-26(22-9-4)28(10-5,24-12-7-2)25-13-8-3;/h26H,6-25H2,1-5H3;1H/q+1;/p-1. The van der Waals surface area contributed by atoms with Crippen molar-refractivity contribution in [2.45, 2.75) is 143 Å². The van der Waals surface area contributed by atoms with Gasteiger partial charge in [0.2, 0.25) is 0 Å². The van der Waals surface area contributed by atoms with Crippen LogP contribution in [0.15, 0.2) is 0 Å². The van der Waals surface area contributed by atoms with E-state index >= 15 is 0 Å². The van der Waals surface area contributed by atoms with Gasteiger partial charge in [0.1, 0.15) is 0 Å². The Kier molecular flexibility index (Phi) is 26.0. The normalized spacial score (nSPS) is 12.7. The predicted molar refractivity (Wildman–Crippen MR) is 134 cm³/mol. The first-order chi connectivity index (χ1) is 13.7. The highest BCUT2D eigenvalue weighted by molar-refractivity contribution is 7.76. The van der Waals surface area contributed by atoms with Gasteiger partial charge >= 0.3 is 0 Å². The van der Waals surface area contributed by atoms with Gasteiger partial charge in [-0.2, -0.15) is 0 Å². The van der Waals surface area contributed by atoms with Gasteiger partial charge in [0.15, 0.2) is 5.85 Å². The monoisotopic (exact) mass is 494 g/mol. The van der Waals surface area contributed by atoms with Crippen molar-refractivity contribution in [3.8, 4) is 0 Å². The maximum absolute atomic E-state index is 6.65. The lowest BCUT2D eigenvalue weighted by atomic mass is 10.1. The van der Waals surface area contributed by atoms with Crippen LogP contribution in [0.25, 0.3) is 0 Å². The lowest BCUT2D eigenvalue weighted by Crippen LogP contribution is -3.00. The summed E-state index contributed by atoms with van der Waals surface area (Å²) in [7, 11) is -0.939. The molecule has 3 heteroatoms. The molecule has 1 atom stereocenters. The van der Waals surface area contributed by atoms with Crippen LogP contribution in [0.3, 0.4) is 0 Å². The molecule has 0 aromatic rings. The van der Waals surface area contributed by atoms with Crippen molar-refractivity contribution in [2.75, 3.05) is 25.1 Å². The fourth-order valence-corrected chi connectivity index (χ4v) is 9.40. The molecule has 1 nitrogen and oxygen atoms in total. The predicted octanol–water partition coefficient (Wildman–Crippen LogP) is 6.69. The van der Waals surface area contributed by atoms with E-state index in [0.717, 1.165) is 6.61 Å². The molecule has 178 valence electrons. The summed E-state index contributed by atoms with van der Waals surface area (Å²) in [4.78, 5) is 0. The van der Waals surface area contributed by atoms with E-state index in [0.29, 0.717) is 5.85 Å². The molecule has 0 aliphatic heterocycles. The molecule has 0 aliphatic carbocycles. The van der Waals surface area contributed by atoms with Crippen molar-refractivity contribution in [3.63, 3.8) is 0 Å². The summed E-state index contributed by atoms with van der Waals surface area (Å²) in [6.45, 7) is 12.8. The fourth-order valence-electron chi connectivity index (χ4n) is 4.44. The smallest absolute Gasteiger partial charge is 0.166 e. The van der Waals surface area contributed by atoms with Gasteiger partial charge in [0.05, 0.1) is 25.1 Å². The largest absolute Gasteiger partial charge is 1.00 e. The first-order valence-corrected chi connectivity index (χ1v) is 15.6. The Labute approximate surface area is 197 Å². The molecule has 0 saturated heterocycles. The Morgan fingerprint density at radius 2 is 1.00 bits per heavy atom. The lowest BCUT2D eigenvalue weighted by molar-refractivity contribution is -0.00000737. The molecule has 0 bridgehead atoms. The molecule has 0 aliphatic rings. The van der Waals surface area contributed by atoms with Crippen LogP contribution >= 0.6 is 7.26 Å². The average Bonchev–Trinajstić information content (AvgIpc) is 2.72. The van der Waals surface area contributed by atoms with Crippen LogP contribution in [-0.2, 0) is 4.74 Å². The number of ether oxygens (including phenoxy) is 1. The molecule has 0 amide bonds. The van der Waals surface area contributed by atoms with Crippen molar-refractivity contribution >= 4 is 7.26 Å². The second-order valence-electron chi connectivity index (χ2n) is 8.99. The van der Waals surface area contributed by atoms with Gasteiger partial charge in [-0.1, -0.05) is 105 Å². The van der Waals surface area contributed by atoms with Gasteiger partial charge in [0.25, 0.3) is 0 Å². The van der Waals surface area contributed by atoms with Crippen LogP contribution in [0.4, 0.5) is 0 Å². The first kappa shape index (κ1) is 32.1. The number of hydrogen-bond donors (Lipinski definition) is 0. The van der Waals surface area contributed by atoms with Crippen LogP contribution in [-0.4, -0.2) is 30.9 Å². The van der Waals surface area contributed by atoms with E-state index in [4.69, 9.17) is 4.74 Å². The van der Waals surface area contributed by atoms with Crippen molar-refractivity contribution in [1.29, 1.82) is 0 Å². The zero-order valence-corrected chi connectivity index (χ0v) is 23.4. The van der Waals surface area contributed by atoms with Crippen LogP contribution in [0, 0.1) is 0 Å². The molecule has 29 heavy (non-hydrogen) atoms. The van der Waals surface area contributed by atoms with Gasteiger partial charge < -0.3 is 21.7 Å². The molecule has 0 aromatic heterocycles. The van der Waals surface area contributed by atoms with E-state index in [9.17, 15) is 0 Å². The van der Waals surface area contributed by atoms with Crippen LogP contribution in [0.1, 0.15) is 137 Å². The van der Waals surface area contributed by atoms with E-state index in [1.165, 1.54) is 121 Å². The Morgan fingerprint density at radius 1 is 0.552 bits per heavy atom. The van der Waals surface area contributed by atoms with E-state index in [1.807, 2.05) is 0 Å². The molecule has 0 fully saturated rings. The summed E-state index contributed by atoms with van der Waals surface area (Å²) >= 11 is 0. The molecule has 0 radical (unpaired) electrons. The Hall–Kier alpha value is 0.870. The summed E-state index contributed by atoms with van der Waals surface area (Å²) in [5.74, 6) is 0.596. The zero-order chi connectivity index (χ0) is 20.9. The van der Waals surface area contributed by atoms with Crippen LogP contribution < -0.4 is 17.0 Å². The Morgan fingerprint density at radius 3 is 1.41 bits per heavy atom. The van der Waals surface area contributed by atoms with Gasteiger partial charge in [-0.25, -0.2) is 0 Å². The molecule has 0 aromatic carbocycles. The highest BCUT2D eigenvalue weighted by Crippen LogP contribution is 2.65. The number of halogens is 1. The van der Waals surface area contributed by atoms with E-state index in [1.54, 1.807) is 0 Å². The maximum atomic E-state index is 6.65. The van der Waals surface area contributed by atoms with E-state index < -0.39 is 7.26 Å². The number of unbranched alkanes of at least 4 members (excludes halogenated alkanes) is 11. The molecule has 0 rings (SSSR count). The van der Waals surface area contributed by atoms with Crippen LogP contribution in [0.5, 0.6) is 0 Å². The molecular formula is C26H56BrOP. The summed E-state index contributed by atoms with van der Waals surface area (Å²) in [6.07, 6.45) is 26.5. The second-order valence-corrected chi connectivity index (χ2v) is 13.5. The minimum absolute atomic E-state index is 0. The van der Waals surface area contributed by atoms with Crippen molar-refractivity contribution < 1.29 is 21.7 Å². The van der Waals surface area contributed by atoms with E-state index in [2.05, 4.69) is 34.6 Å². The molecule has 1 unspecified atom stereocenters. The molecule has 0 N–H and O–H groups in total. The number of hydrogen-bond acceptors (Lipinski definition) is 1. The average molecular weight is 496 g/mol. The van der Waals surface area contributed by atoms with Gasteiger partial charge in [-0.15, -0.1) is 0 Å². The topological polar surface area (TPSA) is 9.23 Å². The summed E-state index contributed by atoms with van der Waals surface area (Å²) in [5.41, 5.74) is 0. The fraction of sp³-hybridized carbons (Fsp3) is 1.00. The number of rotatable bonds is 22. The maximum Gasteiger partial charge on any atom is 0.166 e. The van der Waals surface area contributed by atoms with Gasteiger partial charge in [-0.05, 0) is 26.2 Å². The molecule has 0 saturated carbocycles. The van der Waals surface area contributed by atoms with Gasteiger partial charge in [-0.3, -0.25) is 0 Å². The molecule has 0 spiro atoms. The summed E-state index contributed by atoms with van der Waals surface area (Å²) in [5, 5.41) is 0.